The SMILES string of the molecule is [CH2]=[Zr+2]([C]1=C(CC)C(C(C)(C)C)=CC1CC)[CH]1c2cc3c(cc2-c2cc4c(cc21)C(C)(C)C=C4C)C(C)=CC3(C)C.[Cl-].[Cl-]. The summed E-state index contributed by atoms with van der Waals surface area (Å²) < 4.78 is 7.54. The van der Waals surface area contributed by atoms with Crippen molar-refractivity contribution in [2.75, 3.05) is 0 Å². The molecule has 1 unspecified atom stereocenters. The number of fused-ring (bicyclic) bond motifs is 5. The molecule has 0 aromatic heterocycles. The zero-order valence-electron chi connectivity index (χ0n) is 27.6. The summed E-state index contributed by atoms with van der Waals surface area (Å²) in [5, 5.41) is 0. The van der Waals surface area contributed by atoms with E-state index in [1.807, 2.05) is 0 Å². The first kappa shape index (κ1) is 33.6. The van der Waals surface area contributed by atoms with Crippen molar-refractivity contribution in [3.8, 4) is 11.1 Å². The Bertz CT molecular complexity index is 1550. The second-order valence-electron chi connectivity index (χ2n) is 15.1. The van der Waals surface area contributed by atoms with E-state index in [2.05, 4.69) is 119 Å². The summed E-state index contributed by atoms with van der Waals surface area (Å²) in [5.41, 5.74) is 18.5. The maximum Gasteiger partial charge on any atom is -1.00 e. The summed E-state index contributed by atoms with van der Waals surface area (Å²) >= 11 is -2.45. The average Bonchev–Trinajstić information content (AvgIpc) is 3.53. The molecule has 6 rings (SSSR count). The van der Waals surface area contributed by atoms with Gasteiger partial charge in [-0.05, 0) is 0 Å². The minimum Gasteiger partial charge on any atom is -1.00 e. The van der Waals surface area contributed by atoms with Crippen LogP contribution in [-0.2, 0) is 32.1 Å². The molecular weight excluding hydrogens is 631 g/mol. The van der Waals surface area contributed by atoms with Crippen molar-refractivity contribution >= 4 is 15.4 Å². The van der Waals surface area contributed by atoms with E-state index in [1.54, 1.807) is 25.6 Å². The first-order chi connectivity index (χ1) is 18.6. The van der Waals surface area contributed by atoms with E-state index in [9.17, 15) is 0 Å². The Labute approximate surface area is 275 Å². The molecule has 0 bridgehead atoms. The minimum absolute atomic E-state index is 0. The molecule has 0 fully saturated rings. The second kappa shape index (κ2) is 11.0. The monoisotopic (exact) mass is 676 g/mol. The molecule has 0 amide bonds. The Morgan fingerprint density at radius 3 is 1.60 bits per heavy atom. The number of benzene rings is 2. The van der Waals surface area contributed by atoms with Crippen LogP contribution in [-0.4, -0.2) is 4.21 Å². The van der Waals surface area contributed by atoms with Crippen molar-refractivity contribution < 1.29 is 46.1 Å². The van der Waals surface area contributed by atoms with Gasteiger partial charge in [0.05, 0.1) is 0 Å². The smallest absolute Gasteiger partial charge is 1.00 e. The largest absolute Gasteiger partial charge is 1.00 e. The molecule has 222 valence electrons. The van der Waals surface area contributed by atoms with Crippen LogP contribution in [0.5, 0.6) is 0 Å². The van der Waals surface area contributed by atoms with Crippen LogP contribution in [0.25, 0.3) is 22.3 Å². The normalized spacial score (nSPS) is 20.8. The van der Waals surface area contributed by atoms with Gasteiger partial charge >= 0.3 is 253 Å². The van der Waals surface area contributed by atoms with Gasteiger partial charge in [-0.2, -0.15) is 0 Å². The Balaban J connectivity index is 0.00000202. The van der Waals surface area contributed by atoms with E-state index in [4.69, 9.17) is 4.21 Å². The van der Waals surface area contributed by atoms with Crippen LogP contribution in [0.1, 0.15) is 126 Å². The first-order valence-corrected chi connectivity index (χ1v) is 19.9. The molecule has 0 saturated heterocycles. The number of allylic oxidation sites excluding steroid dienone is 8. The molecule has 0 saturated carbocycles. The summed E-state index contributed by atoms with van der Waals surface area (Å²) in [6, 6.07) is 10.4. The maximum absolute atomic E-state index is 5.28. The average molecular weight is 679 g/mol. The van der Waals surface area contributed by atoms with Crippen molar-refractivity contribution in [3.05, 3.63) is 90.3 Å². The zero-order chi connectivity index (χ0) is 29.1. The predicted molar refractivity (Wildman–Crippen MR) is 173 cm³/mol. The van der Waals surface area contributed by atoms with Gasteiger partial charge in [0.15, 0.2) is 0 Å². The Morgan fingerprint density at radius 2 is 1.21 bits per heavy atom. The van der Waals surface area contributed by atoms with E-state index in [0.717, 1.165) is 6.42 Å². The molecule has 2 aromatic rings. The standard InChI is InChI=1S/C25H25.C13H21.CH2.2ClH.Zr/c1-14-12-24(3,4)22-8-16-7-17-9-23-19(15(2)13-25(23,5)6)11-21(17)20(16)10-18(14)22;1-6-10-8-11(7-2)12(9-10)13(3,4)5;;;;/h7-13H,1-6H3;9-10H,6-7H2,1-5H3;1H2;2*1H;/q;;;;;+2/p-2. The fourth-order valence-electron chi connectivity index (χ4n) is 8.58. The van der Waals surface area contributed by atoms with Gasteiger partial charge in [0.2, 0.25) is 0 Å². The van der Waals surface area contributed by atoms with Gasteiger partial charge in [0.1, 0.15) is 0 Å². The number of halogens is 2. The van der Waals surface area contributed by atoms with Gasteiger partial charge < -0.3 is 24.8 Å². The van der Waals surface area contributed by atoms with Crippen LogP contribution in [0.15, 0.2) is 56.9 Å². The molecule has 42 heavy (non-hydrogen) atoms. The topological polar surface area (TPSA) is 0 Å². The summed E-state index contributed by atoms with van der Waals surface area (Å²) in [6.07, 6.45) is 9.92. The van der Waals surface area contributed by atoms with Gasteiger partial charge in [0, 0.05) is 0 Å². The Morgan fingerprint density at radius 1 is 0.762 bits per heavy atom. The third-order valence-electron chi connectivity index (χ3n) is 10.4. The quantitative estimate of drug-likeness (QED) is 0.433. The maximum atomic E-state index is 5.28. The Kier molecular flexibility index (Phi) is 8.78. The molecule has 4 aliphatic rings. The van der Waals surface area contributed by atoms with Gasteiger partial charge in [-0.15, -0.1) is 0 Å². The number of hydrogen-bond acceptors (Lipinski definition) is 0. The molecule has 4 aliphatic carbocycles. The van der Waals surface area contributed by atoms with Crippen LogP contribution in [0.4, 0.5) is 0 Å². The zero-order valence-corrected chi connectivity index (χ0v) is 31.5. The van der Waals surface area contributed by atoms with Gasteiger partial charge in [0.25, 0.3) is 0 Å². The van der Waals surface area contributed by atoms with Crippen LogP contribution in [0.2, 0.25) is 0 Å². The van der Waals surface area contributed by atoms with Gasteiger partial charge in [-0.1, -0.05) is 0 Å². The van der Waals surface area contributed by atoms with Crippen molar-refractivity contribution in [1.82, 2.24) is 0 Å². The molecule has 0 aliphatic heterocycles. The Hall–Kier alpha value is -1.27. The van der Waals surface area contributed by atoms with E-state index >= 15 is 0 Å². The number of hydrogen-bond donors (Lipinski definition) is 0. The van der Waals surface area contributed by atoms with Crippen molar-refractivity contribution in [3.63, 3.8) is 0 Å². The van der Waals surface area contributed by atoms with Crippen molar-refractivity contribution in [1.29, 1.82) is 0 Å². The van der Waals surface area contributed by atoms with Crippen LogP contribution < -0.4 is 24.8 Å². The van der Waals surface area contributed by atoms with Crippen molar-refractivity contribution in [2.45, 2.75) is 103 Å². The third kappa shape index (κ3) is 4.84. The number of rotatable bonds is 4. The molecule has 0 spiro atoms. The minimum atomic E-state index is -2.45. The summed E-state index contributed by atoms with van der Waals surface area (Å²) in [7, 11) is 0. The van der Waals surface area contributed by atoms with E-state index in [-0.39, 0.29) is 41.1 Å². The second-order valence-corrected chi connectivity index (χ2v) is 20.4. The van der Waals surface area contributed by atoms with Gasteiger partial charge in [-0.25, -0.2) is 0 Å². The fourth-order valence-corrected chi connectivity index (χ4v) is 16.0. The van der Waals surface area contributed by atoms with Crippen LogP contribution in [0, 0.1) is 11.3 Å². The summed E-state index contributed by atoms with van der Waals surface area (Å²) in [5.74, 6) is 0.563. The van der Waals surface area contributed by atoms with Gasteiger partial charge in [-0.3, -0.25) is 0 Å². The van der Waals surface area contributed by atoms with Crippen LogP contribution in [0.3, 0.4) is 0 Å². The first-order valence-electron chi connectivity index (χ1n) is 15.5. The fraction of sp³-hybridized carbons (Fsp3) is 0.462. The predicted octanol–water partition coefficient (Wildman–Crippen LogP) is 4.88. The van der Waals surface area contributed by atoms with E-state index in [1.165, 1.54) is 50.9 Å². The van der Waals surface area contributed by atoms with E-state index in [0.29, 0.717) is 9.54 Å². The van der Waals surface area contributed by atoms with E-state index < -0.39 is 21.3 Å². The molecule has 1 atom stereocenters. The molecule has 0 radical (unpaired) electrons. The summed E-state index contributed by atoms with van der Waals surface area (Å²) in [6.45, 7) is 26.1. The molecule has 0 nitrogen and oxygen atoms in total. The summed E-state index contributed by atoms with van der Waals surface area (Å²) in [4.78, 5) is 0. The molecule has 2 aromatic carbocycles. The van der Waals surface area contributed by atoms with Crippen molar-refractivity contribution in [2.24, 2.45) is 11.3 Å². The van der Waals surface area contributed by atoms with Crippen LogP contribution >= 0.6 is 0 Å². The molecular formula is C39H48Cl2Zr. The third-order valence-corrected chi connectivity index (χ3v) is 17.0. The molecule has 3 heteroatoms. The molecule has 0 heterocycles. The molecule has 0 N–H and O–H groups in total.